The molecule has 5 heteroatoms. The third-order valence-electron chi connectivity index (χ3n) is 2.91. The van der Waals surface area contributed by atoms with Crippen molar-refractivity contribution in [2.24, 2.45) is 0 Å². The molecule has 0 radical (unpaired) electrons. The molecule has 5 nitrogen and oxygen atoms in total. The Morgan fingerprint density at radius 3 is 2.89 bits per heavy atom. The van der Waals surface area contributed by atoms with E-state index >= 15 is 0 Å². The second-order valence-electron chi connectivity index (χ2n) is 4.27. The Kier molecular flexibility index (Phi) is 4.41. The lowest BCUT2D eigenvalue weighted by Gasteiger charge is -2.18. The van der Waals surface area contributed by atoms with Gasteiger partial charge in [-0.25, -0.2) is 0 Å². The smallest absolute Gasteiger partial charge is 0.150 e. The maximum Gasteiger partial charge on any atom is 0.150 e. The third kappa shape index (κ3) is 2.93. The molecule has 1 heterocycles. The maximum absolute atomic E-state index is 9.68. The number of nitrogens with one attached hydrogen (secondary N) is 1. The number of ether oxygens (including phenoxy) is 3. The zero-order valence-electron chi connectivity index (χ0n) is 10.7. The molecule has 1 aromatic carbocycles. The van der Waals surface area contributed by atoms with Crippen LogP contribution in [0.5, 0.6) is 11.5 Å². The Bertz CT molecular complexity index is 397. The molecule has 0 spiro atoms. The summed E-state index contributed by atoms with van der Waals surface area (Å²) in [5, 5.41) is 12.8. The van der Waals surface area contributed by atoms with Crippen molar-refractivity contribution in [2.75, 3.05) is 27.4 Å². The number of hydrogen-bond acceptors (Lipinski definition) is 5. The lowest BCUT2D eigenvalue weighted by Crippen LogP contribution is -2.30. The van der Waals surface area contributed by atoms with Gasteiger partial charge in [0.25, 0.3) is 0 Å². The van der Waals surface area contributed by atoms with E-state index in [1.807, 2.05) is 25.2 Å². The van der Waals surface area contributed by atoms with Crippen LogP contribution < -0.4 is 14.8 Å². The van der Waals surface area contributed by atoms with Gasteiger partial charge in [-0.2, -0.15) is 0 Å². The Labute approximate surface area is 107 Å². The molecule has 2 unspecified atom stereocenters. The van der Waals surface area contributed by atoms with Crippen molar-refractivity contribution >= 4 is 0 Å². The molecule has 100 valence electrons. The van der Waals surface area contributed by atoms with Crippen LogP contribution in [0.15, 0.2) is 18.2 Å². The fourth-order valence-corrected chi connectivity index (χ4v) is 1.93. The monoisotopic (exact) mass is 253 g/mol. The van der Waals surface area contributed by atoms with E-state index in [9.17, 15) is 5.11 Å². The van der Waals surface area contributed by atoms with E-state index in [4.69, 9.17) is 14.2 Å². The number of aliphatic hydroxyl groups is 1. The summed E-state index contributed by atoms with van der Waals surface area (Å²) in [6.07, 6.45) is -0.858. The molecule has 18 heavy (non-hydrogen) atoms. The Morgan fingerprint density at radius 2 is 2.28 bits per heavy atom. The predicted octanol–water partition coefficient (Wildman–Crippen LogP) is 0.553. The van der Waals surface area contributed by atoms with Gasteiger partial charge in [0.15, 0.2) is 0 Å². The Hall–Kier alpha value is -1.30. The van der Waals surface area contributed by atoms with Gasteiger partial charge in [0.05, 0.1) is 20.3 Å². The standard InChI is InChI=1S/C13H19NO4/c1-14-6-9-5-10(16-2)3-4-12(9)18-13-8-17-7-11(13)15/h3-5,11,13-15H,6-8H2,1-2H3. The SMILES string of the molecule is CNCc1cc(OC)ccc1OC1COCC1O. The van der Waals surface area contributed by atoms with Crippen molar-refractivity contribution in [3.8, 4) is 11.5 Å². The molecular weight excluding hydrogens is 234 g/mol. The van der Waals surface area contributed by atoms with Gasteiger partial charge >= 0.3 is 0 Å². The summed E-state index contributed by atoms with van der Waals surface area (Å²) in [6, 6.07) is 5.63. The minimum Gasteiger partial charge on any atom is -0.497 e. The van der Waals surface area contributed by atoms with Crippen molar-refractivity contribution in [1.82, 2.24) is 5.32 Å². The first-order chi connectivity index (χ1) is 8.74. The first-order valence-corrected chi connectivity index (χ1v) is 5.98. The Morgan fingerprint density at radius 1 is 1.44 bits per heavy atom. The van der Waals surface area contributed by atoms with Gasteiger partial charge in [0, 0.05) is 12.1 Å². The molecule has 2 rings (SSSR count). The van der Waals surface area contributed by atoms with Gasteiger partial charge in [-0.05, 0) is 25.2 Å². The summed E-state index contributed by atoms with van der Waals surface area (Å²) >= 11 is 0. The molecule has 0 amide bonds. The van der Waals surface area contributed by atoms with Crippen molar-refractivity contribution in [1.29, 1.82) is 0 Å². The highest BCUT2D eigenvalue weighted by Crippen LogP contribution is 2.26. The van der Waals surface area contributed by atoms with Crippen LogP contribution in [-0.2, 0) is 11.3 Å². The van der Waals surface area contributed by atoms with Gasteiger partial charge in [0.1, 0.15) is 23.7 Å². The molecule has 1 aromatic rings. The van der Waals surface area contributed by atoms with Crippen LogP contribution >= 0.6 is 0 Å². The van der Waals surface area contributed by atoms with Gasteiger partial charge < -0.3 is 24.6 Å². The second-order valence-corrected chi connectivity index (χ2v) is 4.27. The molecule has 0 bridgehead atoms. The molecule has 1 saturated heterocycles. The fraction of sp³-hybridized carbons (Fsp3) is 0.538. The molecule has 0 aromatic heterocycles. The normalized spacial score (nSPS) is 23.1. The quantitative estimate of drug-likeness (QED) is 0.802. The van der Waals surface area contributed by atoms with Crippen LogP contribution in [0.4, 0.5) is 0 Å². The number of aliphatic hydroxyl groups excluding tert-OH is 1. The summed E-state index contributed by atoms with van der Waals surface area (Å²) in [5.41, 5.74) is 0.996. The van der Waals surface area contributed by atoms with Gasteiger partial charge in [-0.1, -0.05) is 0 Å². The van der Waals surface area contributed by atoms with Crippen LogP contribution in [-0.4, -0.2) is 44.7 Å². The summed E-state index contributed by atoms with van der Waals surface area (Å²) in [7, 11) is 3.50. The molecule has 0 saturated carbocycles. The van der Waals surface area contributed by atoms with Gasteiger partial charge in [-0.15, -0.1) is 0 Å². The lowest BCUT2D eigenvalue weighted by atomic mass is 10.1. The van der Waals surface area contributed by atoms with Crippen LogP contribution in [0, 0.1) is 0 Å². The zero-order valence-corrected chi connectivity index (χ0v) is 10.7. The summed E-state index contributed by atoms with van der Waals surface area (Å²) in [4.78, 5) is 0. The average Bonchev–Trinajstić information content (AvgIpc) is 2.77. The highest BCUT2D eigenvalue weighted by atomic mass is 16.6. The molecule has 1 fully saturated rings. The molecule has 2 atom stereocenters. The number of hydrogen-bond donors (Lipinski definition) is 2. The van der Waals surface area contributed by atoms with Crippen LogP contribution in [0.2, 0.25) is 0 Å². The predicted molar refractivity (Wildman–Crippen MR) is 67.0 cm³/mol. The van der Waals surface area contributed by atoms with E-state index in [0.29, 0.717) is 19.8 Å². The minimum atomic E-state index is -0.561. The third-order valence-corrected chi connectivity index (χ3v) is 2.91. The van der Waals surface area contributed by atoms with E-state index < -0.39 is 6.10 Å². The van der Waals surface area contributed by atoms with Crippen molar-refractivity contribution in [3.05, 3.63) is 23.8 Å². The van der Waals surface area contributed by atoms with Crippen molar-refractivity contribution in [2.45, 2.75) is 18.8 Å². The van der Waals surface area contributed by atoms with E-state index in [2.05, 4.69) is 5.32 Å². The van der Waals surface area contributed by atoms with E-state index in [1.54, 1.807) is 7.11 Å². The number of rotatable bonds is 5. The highest BCUT2D eigenvalue weighted by Gasteiger charge is 2.28. The average molecular weight is 253 g/mol. The van der Waals surface area contributed by atoms with E-state index in [-0.39, 0.29) is 6.10 Å². The van der Waals surface area contributed by atoms with Gasteiger partial charge in [0.2, 0.25) is 0 Å². The van der Waals surface area contributed by atoms with Crippen molar-refractivity contribution in [3.63, 3.8) is 0 Å². The zero-order chi connectivity index (χ0) is 13.0. The van der Waals surface area contributed by atoms with Gasteiger partial charge in [-0.3, -0.25) is 0 Å². The lowest BCUT2D eigenvalue weighted by molar-refractivity contribution is 0.0726. The largest absolute Gasteiger partial charge is 0.497 e. The first kappa shape index (κ1) is 13.1. The van der Waals surface area contributed by atoms with Crippen molar-refractivity contribution < 1.29 is 19.3 Å². The molecular formula is C13H19NO4. The van der Waals surface area contributed by atoms with Crippen LogP contribution in [0.25, 0.3) is 0 Å². The van der Waals surface area contributed by atoms with Crippen LogP contribution in [0.3, 0.4) is 0 Å². The molecule has 1 aliphatic rings. The molecule has 0 aliphatic carbocycles. The topological polar surface area (TPSA) is 60.0 Å². The van der Waals surface area contributed by atoms with E-state index in [0.717, 1.165) is 17.1 Å². The summed E-state index contributed by atoms with van der Waals surface area (Å²) in [5.74, 6) is 1.54. The second kappa shape index (κ2) is 6.04. The maximum atomic E-state index is 9.68. The number of benzene rings is 1. The summed E-state index contributed by atoms with van der Waals surface area (Å²) in [6.45, 7) is 1.44. The minimum absolute atomic E-state index is 0.297. The van der Waals surface area contributed by atoms with E-state index in [1.165, 1.54) is 0 Å². The highest BCUT2D eigenvalue weighted by molar-refractivity contribution is 5.40. The van der Waals surface area contributed by atoms with Crippen LogP contribution in [0.1, 0.15) is 5.56 Å². The molecule has 2 N–H and O–H groups in total. The molecule has 1 aliphatic heterocycles. The number of methoxy groups -OCH3 is 1. The summed E-state index contributed by atoms with van der Waals surface area (Å²) < 4.78 is 16.2. The fourth-order valence-electron chi connectivity index (χ4n) is 1.93. The first-order valence-electron chi connectivity index (χ1n) is 5.98. The Balaban J connectivity index is 2.15.